The van der Waals surface area contributed by atoms with Crippen molar-refractivity contribution in [2.45, 2.75) is 30.7 Å². The lowest BCUT2D eigenvalue weighted by molar-refractivity contribution is -0.115. The highest BCUT2D eigenvalue weighted by molar-refractivity contribution is 7.89. The summed E-state index contributed by atoms with van der Waals surface area (Å²) < 4.78 is 26.8. The van der Waals surface area contributed by atoms with E-state index in [1.807, 2.05) is 19.1 Å². The standard InChI is InChI=1S/C20H24ClN3O3S/c1-15(16-7-9-17(21)10-8-16)22-14-20(25)23-18-5-4-6-19(13-18)28(26,27)24-11-2-3-12-24/h4-10,13,15,22H,2-3,11-12,14H2,1H3,(H,23,25)/t15-/m0/s1. The van der Waals surface area contributed by atoms with Crippen LogP contribution in [0.1, 0.15) is 31.4 Å². The monoisotopic (exact) mass is 421 g/mol. The first-order valence-electron chi connectivity index (χ1n) is 9.25. The van der Waals surface area contributed by atoms with Gasteiger partial charge in [-0.05, 0) is 55.7 Å². The molecule has 1 fully saturated rings. The van der Waals surface area contributed by atoms with Crippen LogP contribution >= 0.6 is 11.6 Å². The molecule has 1 heterocycles. The van der Waals surface area contributed by atoms with Crippen molar-refractivity contribution < 1.29 is 13.2 Å². The van der Waals surface area contributed by atoms with Crippen LogP contribution in [0.4, 0.5) is 5.69 Å². The van der Waals surface area contributed by atoms with Crippen molar-refractivity contribution >= 4 is 33.2 Å². The molecule has 0 bridgehead atoms. The number of anilines is 1. The Hall–Kier alpha value is -1.93. The Bertz CT molecular complexity index is 926. The van der Waals surface area contributed by atoms with Gasteiger partial charge in [0.25, 0.3) is 0 Å². The number of hydrogen-bond donors (Lipinski definition) is 2. The third-order valence-corrected chi connectivity index (χ3v) is 6.91. The molecule has 3 rings (SSSR count). The minimum absolute atomic E-state index is 0.0232. The average Bonchev–Trinajstić information content (AvgIpc) is 3.22. The number of carbonyl (C=O) groups is 1. The van der Waals surface area contributed by atoms with E-state index in [1.165, 1.54) is 10.4 Å². The predicted molar refractivity (Wildman–Crippen MR) is 111 cm³/mol. The molecule has 0 unspecified atom stereocenters. The molecular formula is C20H24ClN3O3S. The summed E-state index contributed by atoms with van der Waals surface area (Å²) in [7, 11) is -3.51. The van der Waals surface area contributed by atoms with Crippen molar-refractivity contribution in [3.8, 4) is 0 Å². The van der Waals surface area contributed by atoms with Gasteiger partial charge in [0.2, 0.25) is 15.9 Å². The average molecular weight is 422 g/mol. The van der Waals surface area contributed by atoms with Gasteiger partial charge < -0.3 is 10.6 Å². The van der Waals surface area contributed by atoms with E-state index in [0.29, 0.717) is 23.8 Å². The topological polar surface area (TPSA) is 78.5 Å². The van der Waals surface area contributed by atoms with E-state index in [0.717, 1.165) is 18.4 Å². The van der Waals surface area contributed by atoms with E-state index >= 15 is 0 Å². The van der Waals surface area contributed by atoms with E-state index in [2.05, 4.69) is 10.6 Å². The van der Waals surface area contributed by atoms with Crippen LogP contribution in [0.3, 0.4) is 0 Å². The van der Waals surface area contributed by atoms with E-state index in [-0.39, 0.29) is 23.4 Å². The summed E-state index contributed by atoms with van der Waals surface area (Å²) in [6.07, 6.45) is 1.76. The van der Waals surface area contributed by atoms with Gasteiger partial charge in [-0.3, -0.25) is 4.79 Å². The fourth-order valence-electron chi connectivity index (χ4n) is 3.13. The molecule has 1 aliphatic rings. The highest BCUT2D eigenvalue weighted by Crippen LogP contribution is 2.23. The van der Waals surface area contributed by atoms with Gasteiger partial charge in [0.1, 0.15) is 0 Å². The lowest BCUT2D eigenvalue weighted by Crippen LogP contribution is -2.30. The molecule has 150 valence electrons. The molecule has 0 saturated carbocycles. The van der Waals surface area contributed by atoms with Crippen molar-refractivity contribution in [3.63, 3.8) is 0 Å². The Morgan fingerprint density at radius 3 is 2.50 bits per heavy atom. The second-order valence-electron chi connectivity index (χ2n) is 6.84. The zero-order valence-corrected chi connectivity index (χ0v) is 17.3. The number of sulfonamides is 1. The van der Waals surface area contributed by atoms with Crippen LogP contribution in [-0.4, -0.2) is 38.3 Å². The molecule has 2 aromatic rings. The minimum atomic E-state index is -3.51. The Morgan fingerprint density at radius 2 is 1.82 bits per heavy atom. The molecule has 6 nitrogen and oxygen atoms in total. The fraction of sp³-hybridized carbons (Fsp3) is 0.350. The number of carbonyl (C=O) groups excluding carboxylic acids is 1. The van der Waals surface area contributed by atoms with Gasteiger partial charge in [0.15, 0.2) is 0 Å². The SMILES string of the molecule is C[C@H](NCC(=O)Nc1cccc(S(=O)(=O)N2CCCC2)c1)c1ccc(Cl)cc1. The highest BCUT2D eigenvalue weighted by Gasteiger charge is 2.27. The van der Waals surface area contributed by atoms with Gasteiger partial charge in [-0.1, -0.05) is 29.8 Å². The molecule has 0 aliphatic carbocycles. The van der Waals surface area contributed by atoms with Crippen LogP contribution in [0.15, 0.2) is 53.4 Å². The Kier molecular flexibility index (Phi) is 6.72. The molecule has 1 atom stereocenters. The molecule has 0 radical (unpaired) electrons. The fourth-order valence-corrected chi connectivity index (χ4v) is 4.82. The van der Waals surface area contributed by atoms with Gasteiger partial charge >= 0.3 is 0 Å². The Morgan fingerprint density at radius 1 is 1.14 bits per heavy atom. The predicted octanol–water partition coefficient (Wildman–Crippen LogP) is 3.41. The van der Waals surface area contributed by atoms with Gasteiger partial charge in [0, 0.05) is 29.8 Å². The molecule has 8 heteroatoms. The van der Waals surface area contributed by atoms with Crippen molar-refractivity contribution in [1.29, 1.82) is 0 Å². The van der Waals surface area contributed by atoms with Crippen LogP contribution < -0.4 is 10.6 Å². The lowest BCUT2D eigenvalue weighted by Gasteiger charge is -2.17. The summed E-state index contributed by atoms with van der Waals surface area (Å²) in [4.78, 5) is 12.5. The first-order chi connectivity index (χ1) is 13.4. The molecule has 0 aromatic heterocycles. The smallest absolute Gasteiger partial charge is 0.243 e. The van der Waals surface area contributed by atoms with Crippen LogP contribution in [0.25, 0.3) is 0 Å². The summed E-state index contributed by atoms with van der Waals surface area (Å²) in [5.41, 5.74) is 1.49. The number of rotatable bonds is 7. The van der Waals surface area contributed by atoms with Gasteiger partial charge in [-0.2, -0.15) is 4.31 Å². The first kappa shape index (κ1) is 20.8. The zero-order chi connectivity index (χ0) is 20.1. The largest absolute Gasteiger partial charge is 0.325 e. The molecule has 1 amide bonds. The van der Waals surface area contributed by atoms with Crippen LogP contribution in [0.2, 0.25) is 5.02 Å². The lowest BCUT2D eigenvalue weighted by atomic mass is 10.1. The number of benzene rings is 2. The first-order valence-corrected chi connectivity index (χ1v) is 11.1. The van der Waals surface area contributed by atoms with Crippen LogP contribution in [0.5, 0.6) is 0 Å². The highest BCUT2D eigenvalue weighted by atomic mass is 35.5. The van der Waals surface area contributed by atoms with Crippen LogP contribution in [-0.2, 0) is 14.8 Å². The van der Waals surface area contributed by atoms with E-state index in [9.17, 15) is 13.2 Å². The maximum Gasteiger partial charge on any atom is 0.243 e. The summed E-state index contributed by atoms with van der Waals surface area (Å²) in [6.45, 7) is 3.16. The second-order valence-corrected chi connectivity index (χ2v) is 9.22. The van der Waals surface area contributed by atoms with E-state index in [1.54, 1.807) is 30.3 Å². The summed E-state index contributed by atoms with van der Waals surface area (Å²) in [5, 5.41) is 6.57. The number of amides is 1. The Balaban J connectivity index is 1.59. The molecule has 1 saturated heterocycles. The van der Waals surface area contributed by atoms with Crippen molar-refractivity contribution in [2.75, 3.05) is 25.0 Å². The maximum atomic E-state index is 12.7. The van der Waals surface area contributed by atoms with Crippen molar-refractivity contribution in [1.82, 2.24) is 9.62 Å². The number of halogens is 1. The maximum absolute atomic E-state index is 12.7. The molecule has 0 spiro atoms. The summed E-state index contributed by atoms with van der Waals surface area (Å²) >= 11 is 5.89. The van der Waals surface area contributed by atoms with E-state index in [4.69, 9.17) is 11.6 Å². The molecule has 28 heavy (non-hydrogen) atoms. The number of nitrogens with one attached hydrogen (secondary N) is 2. The molecule has 1 aliphatic heterocycles. The third-order valence-electron chi connectivity index (χ3n) is 4.76. The third kappa shape index (κ3) is 5.11. The van der Waals surface area contributed by atoms with E-state index < -0.39 is 10.0 Å². The van der Waals surface area contributed by atoms with Gasteiger partial charge in [-0.25, -0.2) is 8.42 Å². The van der Waals surface area contributed by atoms with Gasteiger partial charge in [-0.15, -0.1) is 0 Å². The summed E-state index contributed by atoms with van der Waals surface area (Å²) in [6, 6.07) is 13.8. The summed E-state index contributed by atoms with van der Waals surface area (Å²) in [5.74, 6) is -0.239. The van der Waals surface area contributed by atoms with Crippen molar-refractivity contribution in [3.05, 3.63) is 59.1 Å². The quantitative estimate of drug-likeness (QED) is 0.718. The number of nitrogens with zero attached hydrogens (tertiary/aromatic N) is 1. The molecule has 2 aromatic carbocycles. The minimum Gasteiger partial charge on any atom is -0.325 e. The second kappa shape index (κ2) is 9.05. The molecular weight excluding hydrogens is 398 g/mol. The van der Waals surface area contributed by atoms with Gasteiger partial charge in [0.05, 0.1) is 11.4 Å². The normalized spacial score (nSPS) is 16.1. The zero-order valence-electron chi connectivity index (χ0n) is 15.7. The number of hydrogen-bond acceptors (Lipinski definition) is 4. The molecule has 2 N–H and O–H groups in total. The van der Waals surface area contributed by atoms with Crippen LogP contribution in [0, 0.1) is 0 Å². The van der Waals surface area contributed by atoms with Crippen molar-refractivity contribution in [2.24, 2.45) is 0 Å². The Labute approximate surface area is 170 Å².